The molecule has 3 N–H and O–H groups in total. The van der Waals surface area contributed by atoms with E-state index < -0.39 is 0 Å². The largest absolute Gasteiger partial charge is 0.347 e. The smallest absolute Gasteiger partial charge is 0.291 e. The van der Waals surface area contributed by atoms with E-state index in [9.17, 15) is 4.79 Å². The Morgan fingerprint density at radius 2 is 1.88 bits per heavy atom. The van der Waals surface area contributed by atoms with Crippen LogP contribution in [0.1, 0.15) is 49.1 Å². The Labute approximate surface area is 168 Å². The first-order valence-electron chi connectivity index (χ1n) is 8.46. The first kappa shape index (κ1) is 21.0. The van der Waals surface area contributed by atoms with Gasteiger partial charge in [0.05, 0.1) is 10.0 Å². The van der Waals surface area contributed by atoms with Crippen LogP contribution in [0.2, 0.25) is 10.0 Å². The van der Waals surface area contributed by atoms with Crippen LogP contribution in [-0.4, -0.2) is 32.8 Å². The maximum absolute atomic E-state index is 12.5. The van der Waals surface area contributed by atoms with Gasteiger partial charge in [0.2, 0.25) is 5.82 Å². The molecule has 0 saturated heterocycles. The number of rotatable bonds is 4. The Morgan fingerprint density at radius 1 is 1.27 bits per heavy atom. The lowest BCUT2D eigenvalue weighted by Gasteiger charge is -2.26. The van der Waals surface area contributed by atoms with Crippen molar-refractivity contribution in [1.82, 2.24) is 20.1 Å². The second kappa shape index (κ2) is 9.04. The van der Waals surface area contributed by atoms with Crippen LogP contribution in [0.5, 0.6) is 0 Å². The van der Waals surface area contributed by atoms with Crippen molar-refractivity contribution in [1.29, 1.82) is 0 Å². The minimum absolute atomic E-state index is 0. The Balaban J connectivity index is 0.00000243. The number of benzene rings is 1. The number of carbonyl (C=O) groups excluding carboxylic acids is 1. The average molecular weight is 419 g/mol. The number of nitrogens with zero attached hydrogens (tertiary/aromatic N) is 3. The van der Waals surface area contributed by atoms with Crippen LogP contribution < -0.4 is 11.1 Å². The summed E-state index contributed by atoms with van der Waals surface area (Å²) in [5, 5.41) is 8.27. The summed E-state index contributed by atoms with van der Waals surface area (Å²) in [4.78, 5) is 16.9. The van der Waals surface area contributed by atoms with Gasteiger partial charge in [-0.05, 0) is 37.8 Å². The predicted molar refractivity (Wildman–Crippen MR) is 106 cm³/mol. The molecule has 9 heteroatoms. The molecule has 1 aromatic heterocycles. The van der Waals surface area contributed by atoms with Gasteiger partial charge in [-0.25, -0.2) is 9.67 Å². The zero-order chi connectivity index (χ0) is 18.0. The molecule has 26 heavy (non-hydrogen) atoms. The fraction of sp³-hybridized carbons (Fsp3) is 0.471. The Hall–Kier alpha value is -1.34. The highest BCUT2D eigenvalue weighted by atomic mass is 35.5. The summed E-state index contributed by atoms with van der Waals surface area (Å²) >= 11 is 12.5. The van der Waals surface area contributed by atoms with Crippen LogP contribution in [-0.2, 0) is 6.42 Å². The lowest BCUT2D eigenvalue weighted by atomic mass is 9.92. The lowest BCUT2D eigenvalue weighted by Crippen LogP contribution is -2.40. The molecule has 142 valence electrons. The molecule has 0 atom stereocenters. The fourth-order valence-corrected chi connectivity index (χ4v) is 3.61. The maximum Gasteiger partial charge on any atom is 0.291 e. The van der Waals surface area contributed by atoms with Crippen molar-refractivity contribution in [2.45, 2.75) is 51.1 Å². The van der Waals surface area contributed by atoms with Crippen LogP contribution in [0.4, 0.5) is 0 Å². The summed E-state index contributed by atoms with van der Waals surface area (Å²) in [7, 11) is 0. The normalized spacial score (nSPS) is 19.7. The van der Waals surface area contributed by atoms with Gasteiger partial charge in [-0.3, -0.25) is 4.79 Å². The fourth-order valence-electron chi connectivity index (χ4n) is 3.05. The van der Waals surface area contributed by atoms with Crippen molar-refractivity contribution < 1.29 is 4.79 Å². The number of hydrogen-bond acceptors (Lipinski definition) is 4. The van der Waals surface area contributed by atoms with E-state index in [2.05, 4.69) is 15.4 Å². The molecule has 0 radical (unpaired) electrons. The molecule has 1 aliphatic rings. The molecule has 1 heterocycles. The predicted octanol–water partition coefficient (Wildman–Crippen LogP) is 3.56. The molecule has 1 fully saturated rings. The van der Waals surface area contributed by atoms with Gasteiger partial charge in [0.1, 0.15) is 11.5 Å². The van der Waals surface area contributed by atoms with Crippen molar-refractivity contribution in [3.63, 3.8) is 0 Å². The number of para-hydroxylation sites is 1. The van der Waals surface area contributed by atoms with Crippen molar-refractivity contribution >= 4 is 41.5 Å². The summed E-state index contributed by atoms with van der Waals surface area (Å²) in [5.41, 5.74) is 6.45. The van der Waals surface area contributed by atoms with E-state index >= 15 is 0 Å². The minimum Gasteiger partial charge on any atom is -0.347 e. The standard InChI is InChI=1S/C17H21Cl2N5O.ClH/c1-2-14-22-16(17(25)21-11-8-6-10(20)7-9-11)23-24(14)15-12(18)4-3-5-13(15)19;/h3-5,10-11H,2,6-9,20H2,1H3,(H,21,25);1H. The third kappa shape index (κ3) is 4.49. The maximum atomic E-state index is 12.5. The van der Waals surface area contributed by atoms with Crippen LogP contribution in [0, 0.1) is 0 Å². The lowest BCUT2D eigenvalue weighted by molar-refractivity contribution is 0.0915. The van der Waals surface area contributed by atoms with Gasteiger partial charge in [-0.15, -0.1) is 17.5 Å². The third-order valence-electron chi connectivity index (χ3n) is 4.45. The molecular weight excluding hydrogens is 397 g/mol. The van der Waals surface area contributed by atoms with Crippen LogP contribution in [0.25, 0.3) is 5.69 Å². The third-order valence-corrected chi connectivity index (χ3v) is 5.06. The second-order valence-corrected chi connectivity index (χ2v) is 7.09. The molecule has 0 aliphatic heterocycles. The molecule has 1 saturated carbocycles. The van der Waals surface area contributed by atoms with E-state index in [1.165, 1.54) is 0 Å². The highest BCUT2D eigenvalue weighted by molar-refractivity contribution is 6.37. The van der Waals surface area contributed by atoms with Gasteiger partial charge in [0.25, 0.3) is 5.91 Å². The van der Waals surface area contributed by atoms with Crippen molar-refractivity contribution in [3.8, 4) is 5.69 Å². The number of nitrogens with two attached hydrogens (primary N) is 1. The Morgan fingerprint density at radius 3 is 2.46 bits per heavy atom. The monoisotopic (exact) mass is 417 g/mol. The SMILES string of the molecule is CCc1nc(C(=O)NC2CCC(N)CC2)nn1-c1c(Cl)cccc1Cl.Cl. The number of halogens is 3. The number of aryl methyl sites for hydroxylation is 1. The Bertz CT molecular complexity index is 752. The molecule has 1 aromatic carbocycles. The van der Waals surface area contributed by atoms with Crippen molar-refractivity contribution in [2.75, 3.05) is 0 Å². The molecule has 0 bridgehead atoms. The molecule has 1 aliphatic carbocycles. The van der Waals surface area contributed by atoms with Crippen LogP contribution in [0.3, 0.4) is 0 Å². The zero-order valence-corrected chi connectivity index (χ0v) is 16.7. The highest BCUT2D eigenvalue weighted by Crippen LogP contribution is 2.28. The first-order chi connectivity index (χ1) is 12.0. The molecule has 0 unspecified atom stereocenters. The molecule has 0 spiro atoms. The number of aromatic nitrogens is 3. The summed E-state index contributed by atoms with van der Waals surface area (Å²) in [6, 6.07) is 5.58. The molecule has 6 nitrogen and oxygen atoms in total. The summed E-state index contributed by atoms with van der Waals surface area (Å²) in [5.74, 6) is 0.477. The summed E-state index contributed by atoms with van der Waals surface area (Å²) in [6.45, 7) is 1.94. The zero-order valence-electron chi connectivity index (χ0n) is 14.4. The average Bonchev–Trinajstić information content (AvgIpc) is 3.01. The van der Waals surface area contributed by atoms with E-state index in [0.717, 1.165) is 25.7 Å². The molecule has 3 rings (SSSR count). The van der Waals surface area contributed by atoms with E-state index in [-0.39, 0.29) is 36.2 Å². The minimum atomic E-state index is -0.280. The van der Waals surface area contributed by atoms with Crippen LogP contribution >= 0.6 is 35.6 Å². The second-order valence-electron chi connectivity index (χ2n) is 6.27. The highest BCUT2D eigenvalue weighted by Gasteiger charge is 2.24. The van der Waals surface area contributed by atoms with E-state index in [4.69, 9.17) is 28.9 Å². The first-order valence-corrected chi connectivity index (χ1v) is 9.22. The number of amides is 1. The van der Waals surface area contributed by atoms with E-state index in [0.29, 0.717) is 28.0 Å². The van der Waals surface area contributed by atoms with Gasteiger partial charge < -0.3 is 11.1 Å². The van der Waals surface area contributed by atoms with E-state index in [1.807, 2.05) is 6.92 Å². The van der Waals surface area contributed by atoms with Gasteiger partial charge in [0.15, 0.2) is 0 Å². The molecule has 1 amide bonds. The quantitative estimate of drug-likeness (QED) is 0.795. The summed E-state index contributed by atoms with van der Waals surface area (Å²) in [6.07, 6.45) is 4.19. The Kier molecular flexibility index (Phi) is 7.29. The van der Waals surface area contributed by atoms with Crippen molar-refractivity contribution in [2.24, 2.45) is 5.73 Å². The number of carbonyl (C=O) groups is 1. The topological polar surface area (TPSA) is 85.8 Å². The molecule has 2 aromatic rings. The van der Waals surface area contributed by atoms with Gasteiger partial charge in [-0.1, -0.05) is 36.2 Å². The van der Waals surface area contributed by atoms with Gasteiger partial charge >= 0.3 is 0 Å². The summed E-state index contributed by atoms with van der Waals surface area (Å²) < 4.78 is 1.55. The number of hydrogen-bond donors (Lipinski definition) is 2. The van der Waals surface area contributed by atoms with Crippen LogP contribution in [0.15, 0.2) is 18.2 Å². The van der Waals surface area contributed by atoms with Gasteiger partial charge in [-0.2, -0.15) is 0 Å². The van der Waals surface area contributed by atoms with Gasteiger partial charge in [0, 0.05) is 18.5 Å². The van der Waals surface area contributed by atoms with E-state index in [1.54, 1.807) is 22.9 Å². The molecular formula is C17H22Cl3N5O. The van der Waals surface area contributed by atoms with Crippen molar-refractivity contribution in [3.05, 3.63) is 39.9 Å². The number of nitrogens with one attached hydrogen (secondary N) is 1.